The molecule has 0 atom stereocenters. The molecule has 1 aromatic rings. The summed E-state index contributed by atoms with van der Waals surface area (Å²) in [6.07, 6.45) is 2.43. The van der Waals surface area contributed by atoms with Gasteiger partial charge in [0.15, 0.2) is 0 Å². The van der Waals surface area contributed by atoms with Crippen LogP contribution in [0.2, 0.25) is 0 Å². The van der Waals surface area contributed by atoms with Crippen molar-refractivity contribution in [2.75, 3.05) is 0 Å². The zero-order valence-corrected chi connectivity index (χ0v) is 11.9. The molecule has 1 aromatic heterocycles. The Balaban J connectivity index is 2.31. The van der Waals surface area contributed by atoms with Gasteiger partial charge in [0.05, 0.1) is 5.54 Å². The van der Waals surface area contributed by atoms with Crippen molar-refractivity contribution in [3.8, 4) is 0 Å². The molecule has 1 amide bonds. The van der Waals surface area contributed by atoms with Crippen LogP contribution in [0.25, 0.3) is 0 Å². The third-order valence-corrected chi connectivity index (χ3v) is 3.02. The zero-order valence-electron chi connectivity index (χ0n) is 11.9. The van der Waals surface area contributed by atoms with Gasteiger partial charge in [-0.2, -0.15) is 5.10 Å². The van der Waals surface area contributed by atoms with E-state index in [9.17, 15) is 4.79 Å². The lowest BCUT2D eigenvalue weighted by Gasteiger charge is -2.22. The number of carbonyl (C=O) groups is 1. The molecule has 1 aliphatic carbocycles. The second-order valence-corrected chi connectivity index (χ2v) is 6.44. The Morgan fingerprint density at radius 1 is 1.44 bits per heavy atom. The maximum atomic E-state index is 12.0. The second kappa shape index (κ2) is 4.41. The highest BCUT2D eigenvalue weighted by Crippen LogP contribution is 2.41. The van der Waals surface area contributed by atoms with E-state index in [1.807, 2.05) is 24.6 Å². The van der Waals surface area contributed by atoms with E-state index in [1.165, 1.54) is 18.5 Å². The minimum atomic E-state index is -0.0751. The summed E-state index contributed by atoms with van der Waals surface area (Å²) in [5.74, 6) is 0.521. The van der Waals surface area contributed by atoms with Crippen LogP contribution in [-0.2, 0) is 5.54 Å². The summed E-state index contributed by atoms with van der Waals surface area (Å²) in [6, 6.07) is 2.10. The largest absolute Gasteiger partial charge is 0.348 e. The van der Waals surface area contributed by atoms with Crippen molar-refractivity contribution in [3.63, 3.8) is 0 Å². The Labute approximate surface area is 109 Å². The quantitative estimate of drug-likeness (QED) is 0.895. The first-order chi connectivity index (χ1) is 8.29. The van der Waals surface area contributed by atoms with Crippen LogP contribution >= 0.6 is 0 Å². The highest BCUT2D eigenvalue weighted by Gasteiger charge is 2.32. The van der Waals surface area contributed by atoms with Gasteiger partial charge in [-0.25, -0.2) is 0 Å². The maximum Gasteiger partial charge on any atom is 0.271 e. The minimum absolute atomic E-state index is 0.0742. The lowest BCUT2D eigenvalue weighted by Crippen LogP contribution is -2.31. The van der Waals surface area contributed by atoms with Crippen LogP contribution in [-0.4, -0.2) is 21.7 Å². The van der Waals surface area contributed by atoms with Gasteiger partial charge in [-0.3, -0.25) is 9.48 Å². The number of carbonyl (C=O) groups excluding carboxylic acids is 1. The van der Waals surface area contributed by atoms with E-state index in [2.05, 4.69) is 31.2 Å². The third-order valence-electron chi connectivity index (χ3n) is 3.02. The fourth-order valence-electron chi connectivity index (χ4n) is 2.05. The number of nitrogens with zero attached hydrogens (tertiary/aromatic N) is 2. The van der Waals surface area contributed by atoms with E-state index in [0.717, 1.165) is 0 Å². The Bertz CT molecular complexity index is 450. The van der Waals surface area contributed by atoms with Crippen molar-refractivity contribution in [1.29, 1.82) is 0 Å². The molecule has 0 saturated heterocycles. The van der Waals surface area contributed by atoms with Gasteiger partial charge in [0.25, 0.3) is 5.91 Å². The summed E-state index contributed by atoms with van der Waals surface area (Å²) in [5.41, 5.74) is 1.67. The predicted octanol–water partition coefficient (Wildman–Crippen LogP) is 2.65. The molecule has 100 valence electrons. The number of hydrogen-bond donors (Lipinski definition) is 1. The van der Waals surface area contributed by atoms with E-state index >= 15 is 0 Å². The van der Waals surface area contributed by atoms with Crippen molar-refractivity contribution in [3.05, 3.63) is 17.5 Å². The standard InChI is InChI=1S/C14H23N3O/c1-9(2)15-13(18)11-8-12(10-6-7-10)17(16-11)14(3,4)5/h8-10H,6-7H2,1-5H3,(H,15,18). The monoisotopic (exact) mass is 249 g/mol. The average Bonchev–Trinajstić information content (AvgIpc) is 2.94. The number of nitrogens with one attached hydrogen (secondary N) is 1. The summed E-state index contributed by atoms with van der Waals surface area (Å²) in [7, 11) is 0. The van der Waals surface area contributed by atoms with Gasteiger partial charge < -0.3 is 5.32 Å². The second-order valence-electron chi connectivity index (χ2n) is 6.44. The summed E-state index contributed by atoms with van der Waals surface area (Å²) in [6.45, 7) is 10.3. The topological polar surface area (TPSA) is 46.9 Å². The van der Waals surface area contributed by atoms with Crippen LogP contribution < -0.4 is 5.32 Å². The molecule has 1 fully saturated rings. The molecule has 0 bridgehead atoms. The van der Waals surface area contributed by atoms with E-state index in [0.29, 0.717) is 11.6 Å². The highest BCUT2D eigenvalue weighted by molar-refractivity contribution is 5.92. The molecule has 1 heterocycles. The summed E-state index contributed by atoms with van der Waals surface area (Å²) < 4.78 is 2.01. The molecule has 4 heteroatoms. The van der Waals surface area contributed by atoms with Crippen molar-refractivity contribution in [1.82, 2.24) is 15.1 Å². The summed E-state index contributed by atoms with van der Waals surface area (Å²) in [4.78, 5) is 12.0. The summed E-state index contributed by atoms with van der Waals surface area (Å²) in [5, 5.41) is 7.40. The lowest BCUT2D eigenvalue weighted by molar-refractivity contribution is 0.0936. The van der Waals surface area contributed by atoms with Crippen LogP contribution in [0, 0.1) is 0 Å². The molecule has 1 saturated carbocycles. The predicted molar refractivity (Wildman–Crippen MR) is 71.8 cm³/mol. The minimum Gasteiger partial charge on any atom is -0.348 e. The van der Waals surface area contributed by atoms with Gasteiger partial charge in [0, 0.05) is 17.7 Å². The molecule has 4 nitrogen and oxygen atoms in total. The Kier molecular flexibility index (Phi) is 3.21. The van der Waals surface area contributed by atoms with Crippen molar-refractivity contribution in [2.45, 2.75) is 65.0 Å². The number of hydrogen-bond acceptors (Lipinski definition) is 2. The molecular weight excluding hydrogens is 226 g/mol. The van der Waals surface area contributed by atoms with Gasteiger partial charge >= 0.3 is 0 Å². The molecule has 0 spiro atoms. The Morgan fingerprint density at radius 2 is 2.06 bits per heavy atom. The normalized spacial score (nSPS) is 16.1. The van der Waals surface area contributed by atoms with E-state index < -0.39 is 0 Å². The molecule has 18 heavy (non-hydrogen) atoms. The molecule has 0 unspecified atom stereocenters. The number of amides is 1. The van der Waals surface area contributed by atoms with Gasteiger partial charge in [-0.05, 0) is 53.5 Å². The Hall–Kier alpha value is -1.32. The van der Waals surface area contributed by atoms with E-state index in [1.54, 1.807) is 0 Å². The molecule has 0 aromatic carbocycles. The Morgan fingerprint density at radius 3 is 2.50 bits per heavy atom. The number of rotatable bonds is 3. The average molecular weight is 249 g/mol. The van der Waals surface area contributed by atoms with Crippen LogP contribution in [0.15, 0.2) is 6.07 Å². The molecule has 0 aliphatic heterocycles. The van der Waals surface area contributed by atoms with Crippen LogP contribution in [0.1, 0.15) is 69.6 Å². The van der Waals surface area contributed by atoms with Gasteiger partial charge in [0.2, 0.25) is 0 Å². The van der Waals surface area contributed by atoms with Crippen molar-refractivity contribution < 1.29 is 4.79 Å². The summed E-state index contributed by atoms with van der Waals surface area (Å²) >= 11 is 0. The van der Waals surface area contributed by atoms with Gasteiger partial charge in [-0.1, -0.05) is 0 Å². The van der Waals surface area contributed by atoms with E-state index in [-0.39, 0.29) is 17.5 Å². The zero-order chi connectivity index (χ0) is 13.5. The first-order valence-electron chi connectivity index (χ1n) is 6.70. The molecule has 2 rings (SSSR count). The smallest absolute Gasteiger partial charge is 0.271 e. The first-order valence-corrected chi connectivity index (χ1v) is 6.70. The van der Waals surface area contributed by atoms with Gasteiger partial charge in [0.1, 0.15) is 5.69 Å². The molecular formula is C14H23N3O. The highest BCUT2D eigenvalue weighted by atomic mass is 16.2. The first kappa shape index (κ1) is 13.1. The lowest BCUT2D eigenvalue weighted by atomic mass is 10.1. The third kappa shape index (κ3) is 2.74. The van der Waals surface area contributed by atoms with Crippen LogP contribution in [0.4, 0.5) is 0 Å². The SMILES string of the molecule is CC(C)NC(=O)c1cc(C2CC2)n(C(C)(C)C)n1. The van der Waals surface area contributed by atoms with Gasteiger partial charge in [-0.15, -0.1) is 0 Å². The van der Waals surface area contributed by atoms with Crippen LogP contribution in [0.3, 0.4) is 0 Å². The fraction of sp³-hybridized carbons (Fsp3) is 0.714. The molecule has 1 aliphatic rings. The number of aromatic nitrogens is 2. The molecule has 0 radical (unpaired) electrons. The van der Waals surface area contributed by atoms with Crippen molar-refractivity contribution in [2.24, 2.45) is 0 Å². The van der Waals surface area contributed by atoms with Crippen LogP contribution in [0.5, 0.6) is 0 Å². The molecule has 1 N–H and O–H groups in total. The maximum absolute atomic E-state index is 12.0. The van der Waals surface area contributed by atoms with Crippen molar-refractivity contribution >= 4 is 5.91 Å². The van der Waals surface area contributed by atoms with E-state index in [4.69, 9.17) is 0 Å². The fourth-order valence-corrected chi connectivity index (χ4v) is 2.05.